The van der Waals surface area contributed by atoms with Crippen molar-refractivity contribution in [2.45, 2.75) is 73.9 Å². The van der Waals surface area contributed by atoms with E-state index in [0.29, 0.717) is 37.4 Å². The Morgan fingerprint density at radius 1 is 1.19 bits per heavy atom. The van der Waals surface area contributed by atoms with Gasteiger partial charge in [-0.05, 0) is 56.2 Å². The number of likely N-dealkylation sites (tertiary alicyclic amines) is 1. The van der Waals surface area contributed by atoms with Gasteiger partial charge in [-0.2, -0.15) is 0 Å². The summed E-state index contributed by atoms with van der Waals surface area (Å²) in [7, 11) is 0. The van der Waals surface area contributed by atoms with Crippen LogP contribution in [0.3, 0.4) is 0 Å². The number of piperidine rings is 1. The number of nitrogens with two attached hydrogens (primary N) is 1. The van der Waals surface area contributed by atoms with Crippen LogP contribution in [0, 0.1) is 5.92 Å². The molecule has 2 spiro atoms. The van der Waals surface area contributed by atoms with Crippen LogP contribution in [0.15, 0.2) is 12.1 Å². The molecule has 6 aliphatic rings. The van der Waals surface area contributed by atoms with Gasteiger partial charge in [-0.25, -0.2) is 0 Å². The summed E-state index contributed by atoms with van der Waals surface area (Å²) in [6, 6.07) is 3.87. The fraction of sp³-hybridized carbons (Fsp3) is 0.708. The predicted octanol–water partition coefficient (Wildman–Crippen LogP) is 1.48. The van der Waals surface area contributed by atoms with Gasteiger partial charge in [0, 0.05) is 24.6 Å². The molecule has 2 saturated carbocycles. The third-order valence-corrected chi connectivity index (χ3v) is 9.36. The van der Waals surface area contributed by atoms with Crippen LogP contribution in [-0.4, -0.2) is 65.8 Å². The van der Waals surface area contributed by atoms with Crippen molar-refractivity contribution < 1.29 is 24.1 Å². The molecule has 4 atom stereocenters. The van der Waals surface area contributed by atoms with Crippen molar-refractivity contribution in [3.8, 4) is 5.75 Å². The molecule has 7 nitrogen and oxygen atoms in total. The third kappa shape index (κ3) is 2.12. The molecule has 0 radical (unpaired) electrons. The zero-order valence-electron chi connectivity index (χ0n) is 17.8. The van der Waals surface area contributed by atoms with Gasteiger partial charge < -0.3 is 25.1 Å². The number of fused-ring (bicyclic) bond motifs is 1. The van der Waals surface area contributed by atoms with Crippen LogP contribution in [0.5, 0.6) is 5.75 Å². The first kappa shape index (κ1) is 18.9. The Labute approximate surface area is 181 Å². The molecule has 1 aromatic carbocycles. The molecule has 1 amide bonds. The summed E-state index contributed by atoms with van der Waals surface area (Å²) in [5.41, 5.74) is 6.72. The summed E-state index contributed by atoms with van der Waals surface area (Å²) >= 11 is 0. The number of carbonyl (C=O) groups excluding carboxylic acids is 1. The summed E-state index contributed by atoms with van der Waals surface area (Å²) in [6.45, 7) is 3.03. The van der Waals surface area contributed by atoms with Crippen LogP contribution >= 0.6 is 0 Å². The lowest BCUT2D eigenvalue weighted by molar-refractivity contribution is -0.297. The number of ether oxygens (including phenoxy) is 3. The topological polar surface area (TPSA) is 94.3 Å². The zero-order chi connectivity index (χ0) is 21.0. The maximum Gasteiger partial charge on any atom is 0.252 e. The Bertz CT molecular complexity index is 971. The molecule has 3 aliphatic heterocycles. The van der Waals surface area contributed by atoms with Crippen LogP contribution in [0.4, 0.5) is 0 Å². The van der Waals surface area contributed by atoms with Crippen LogP contribution in [0.1, 0.15) is 60.0 Å². The normalized spacial score (nSPS) is 39.8. The van der Waals surface area contributed by atoms with Gasteiger partial charge in [-0.1, -0.05) is 12.5 Å². The molecule has 2 bridgehead atoms. The zero-order valence-corrected chi connectivity index (χ0v) is 17.8. The molecule has 2 saturated heterocycles. The Morgan fingerprint density at radius 2 is 2.00 bits per heavy atom. The number of hydrogen-bond donors (Lipinski definition) is 2. The molecule has 1 aromatic rings. The third-order valence-electron chi connectivity index (χ3n) is 9.36. The first-order chi connectivity index (χ1) is 15.0. The van der Waals surface area contributed by atoms with Crippen LogP contribution in [0.25, 0.3) is 0 Å². The van der Waals surface area contributed by atoms with E-state index in [-0.39, 0.29) is 6.04 Å². The standard InChI is InChI=1S/C24H30N2O5/c25-20(27)16-5-4-15-12-17-23(28)6-7-24(29-10-11-30-24)21-22(23,18(15)19(16)31-21)8-9-26(17)13-14-2-1-3-14/h4-5,14,17,21,28H,1-3,6-13H2,(H2,25,27). The average molecular weight is 427 g/mol. The summed E-state index contributed by atoms with van der Waals surface area (Å²) in [5.74, 6) is -0.0584. The minimum atomic E-state index is -0.936. The minimum Gasteiger partial charge on any atom is -0.483 e. The van der Waals surface area contributed by atoms with Crippen molar-refractivity contribution in [3.05, 3.63) is 28.8 Å². The molecule has 3 heterocycles. The Morgan fingerprint density at radius 3 is 2.71 bits per heavy atom. The van der Waals surface area contributed by atoms with E-state index in [1.54, 1.807) is 6.07 Å². The SMILES string of the molecule is NC(=O)c1ccc2c3c1OC1C4(CCC5(O)C(C2)N(CC2CCC2)CCC315)OCCO4. The molecule has 0 aromatic heterocycles. The number of nitrogens with zero attached hydrogens (tertiary/aromatic N) is 1. The number of benzene rings is 1. The van der Waals surface area contributed by atoms with Gasteiger partial charge in [0.25, 0.3) is 5.91 Å². The number of hydrogen-bond acceptors (Lipinski definition) is 6. The number of carbonyl (C=O) groups is 1. The fourth-order valence-electron chi connectivity index (χ4n) is 7.79. The number of rotatable bonds is 3. The minimum absolute atomic E-state index is 0.0459. The van der Waals surface area contributed by atoms with Crippen molar-refractivity contribution in [2.24, 2.45) is 11.7 Å². The predicted molar refractivity (Wildman–Crippen MR) is 111 cm³/mol. The number of aliphatic hydroxyl groups is 1. The van der Waals surface area contributed by atoms with Crippen LogP contribution < -0.4 is 10.5 Å². The van der Waals surface area contributed by atoms with Crippen molar-refractivity contribution in [1.29, 1.82) is 0 Å². The molecule has 3 aliphatic carbocycles. The fourth-order valence-corrected chi connectivity index (χ4v) is 7.79. The lowest BCUT2D eigenvalue weighted by Crippen LogP contribution is -2.79. The van der Waals surface area contributed by atoms with Crippen molar-refractivity contribution in [3.63, 3.8) is 0 Å². The lowest BCUT2D eigenvalue weighted by Gasteiger charge is -2.65. The van der Waals surface area contributed by atoms with E-state index in [1.807, 2.05) is 6.07 Å². The molecule has 31 heavy (non-hydrogen) atoms. The molecule has 7 rings (SSSR count). The van der Waals surface area contributed by atoms with E-state index >= 15 is 0 Å². The largest absolute Gasteiger partial charge is 0.483 e. The van der Waals surface area contributed by atoms with Gasteiger partial charge in [-0.15, -0.1) is 0 Å². The van der Waals surface area contributed by atoms with E-state index in [2.05, 4.69) is 4.90 Å². The Hall–Kier alpha value is -1.67. The van der Waals surface area contributed by atoms with Gasteiger partial charge in [0.15, 0.2) is 6.10 Å². The highest BCUT2D eigenvalue weighted by Gasteiger charge is 2.77. The van der Waals surface area contributed by atoms with Crippen LogP contribution in [0.2, 0.25) is 0 Å². The maximum absolute atomic E-state index is 12.5. The lowest BCUT2D eigenvalue weighted by atomic mass is 9.48. The molecule has 166 valence electrons. The second-order valence-corrected chi connectivity index (χ2v) is 10.5. The molecule has 4 unspecified atom stereocenters. The van der Waals surface area contributed by atoms with E-state index in [1.165, 1.54) is 24.8 Å². The summed E-state index contributed by atoms with van der Waals surface area (Å²) < 4.78 is 19.0. The Kier molecular flexibility index (Phi) is 3.66. The Balaban J connectivity index is 1.42. The van der Waals surface area contributed by atoms with Gasteiger partial charge in [-0.3, -0.25) is 9.69 Å². The van der Waals surface area contributed by atoms with E-state index in [9.17, 15) is 9.90 Å². The highest BCUT2D eigenvalue weighted by Crippen LogP contribution is 2.67. The van der Waals surface area contributed by atoms with Gasteiger partial charge >= 0.3 is 0 Å². The number of primary amides is 1. The first-order valence-corrected chi connectivity index (χ1v) is 11.9. The van der Waals surface area contributed by atoms with E-state index < -0.39 is 28.8 Å². The molecule has 7 heteroatoms. The second kappa shape index (κ2) is 6.01. The van der Waals surface area contributed by atoms with Crippen molar-refractivity contribution in [2.75, 3.05) is 26.3 Å². The molecular weight excluding hydrogens is 396 g/mol. The summed E-state index contributed by atoms with van der Waals surface area (Å²) in [4.78, 5) is 14.8. The first-order valence-electron chi connectivity index (χ1n) is 11.9. The molecule has 4 fully saturated rings. The van der Waals surface area contributed by atoms with E-state index in [0.717, 1.165) is 37.4 Å². The molecule has 3 N–H and O–H groups in total. The highest BCUT2D eigenvalue weighted by atomic mass is 16.8. The maximum atomic E-state index is 12.5. The van der Waals surface area contributed by atoms with Gasteiger partial charge in [0.2, 0.25) is 5.79 Å². The summed E-state index contributed by atoms with van der Waals surface area (Å²) in [6.07, 6.45) is 6.21. The van der Waals surface area contributed by atoms with Crippen molar-refractivity contribution >= 4 is 5.91 Å². The van der Waals surface area contributed by atoms with E-state index in [4.69, 9.17) is 19.9 Å². The molecular formula is C24H30N2O5. The quantitative estimate of drug-likeness (QED) is 0.761. The van der Waals surface area contributed by atoms with Crippen molar-refractivity contribution in [1.82, 2.24) is 4.90 Å². The van der Waals surface area contributed by atoms with Crippen LogP contribution in [-0.2, 0) is 21.3 Å². The summed E-state index contributed by atoms with van der Waals surface area (Å²) in [5, 5.41) is 12.5. The highest BCUT2D eigenvalue weighted by molar-refractivity contribution is 5.97. The second-order valence-electron chi connectivity index (χ2n) is 10.5. The monoisotopic (exact) mass is 426 g/mol. The smallest absolute Gasteiger partial charge is 0.252 e. The number of amides is 1. The van der Waals surface area contributed by atoms with Gasteiger partial charge in [0.05, 0.1) is 29.8 Å². The van der Waals surface area contributed by atoms with Gasteiger partial charge in [0.1, 0.15) is 5.75 Å². The average Bonchev–Trinajstić information content (AvgIpc) is 3.31.